The summed E-state index contributed by atoms with van der Waals surface area (Å²) in [6, 6.07) is -0.481. The summed E-state index contributed by atoms with van der Waals surface area (Å²) in [5, 5.41) is 9.87. The number of nitrogens with zero attached hydrogens (tertiary/aromatic N) is 1. The lowest BCUT2D eigenvalue weighted by Gasteiger charge is -2.42. The second kappa shape index (κ2) is 6.69. The molecule has 2 aliphatic rings. The standard InChI is InChI=1S/C13H23Cl2N3O2/c14-9-5-8(11(19)6-10(9)15)12(16)7-1-3-18(4-2-7)13(17)20/h7-12,19H,1-6,16H2,(H2,17,20)/t8?,9?,10?,11?,12-/m0/s1. The van der Waals surface area contributed by atoms with Gasteiger partial charge in [-0.1, -0.05) is 0 Å². The van der Waals surface area contributed by atoms with Crippen molar-refractivity contribution in [2.45, 2.75) is 48.6 Å². The number of carbonyl (C=O) groups is 1. The van der Waals surface area contributed by atoms with Crippen molar-refractivity contribution in [2.24, 2.45) is 23.3 Å². The first-order valence-corrected chi connectivity index (χ1v) is 8.03. The van der Waals surface area contributed by atoms with Gasteiger partial charge in [0.05, 0.1) is 16.9 Å². The van der Waals surface area contributed by atoms with Gasteiger partial charge in [0.15, 0.2) is 0 Å². The Morgan fingerprint density at radius 2 is 1.75 bits per heavy atom. The summed E-state index contributed by atoms with van der Waals surface area (Å²) < 4.78 is 0. The fourth-order valence-corrected chi connectivity index (χ4v) is 3.98. The highest BCUT2D eigenvalue weighted by Crippen LogP contribution is 2.36. The van der Waals surface area contributed by atoms with Crippen molar-refractivity contribution >= 4 is 29.2 Å². The lowest BCUT2D eigenvalue weighted by molar-refractivity contribution is 0.0382. The second-order valence-corrected chi connectivity index (χ2v) is 7.10. The third kappa shape index (κ3) is 3.50. The molecule has 2 rings (SSSR count). The molecule has 1 heterocycles. The molecule has 5 N–H and O–H groups in total. The van der Waals surface area contributed by atoms with Crippen LogP contribution in [0.15, 0.2) is 0 Å². The molecule has 1 saturated heterocycles. The molecular weight excluding hydrogens is 301 g/mol. The van der Waals surface area contributed by atoms with Gasteiger partial charge in [-0.25, -0.2) is 4.79 Å². The molecule has 5 nitrogen and oxygen atoms in total. The van der Waals surface area contributed by atoms with Crippen LogP contribution in [-0.2, 0) is 0 Å². The maximum atomic E-state index is 11.1. The molecule has 1 aliphatic carbocycles. The van der Waals surface area contributed by atoms with E-state index < -0.39 is 6.10 Å². The number of hydrogen-bond acceptors (Lipinski definition) is 3. The Labute approximate surface area is 129 Å². The topological polar surface area (TPSA) is 92.6 Å². The number of amides is 2. The molecule has 0 radical (unpaired) electrons. The first-order valence-electron chi connectivity index (χ1n) is 7.16. The predicted octanol–water partition coefficient (Wildman–Crippen LogP) is 1.09. The summed E-state index contributed by atoms with van der Waals surface area (Å²) in [4.78, 5) is 12.7. The van der Waals surface area contributed by atoms with E-state index in [1.54, 1.807) is 4.90 Å². The van der Waals surface area contributed by atoms with E-state index in [4.69, 9.17) is 34.7 Å². The Bertz CT molecular complexity index is 351. The number of likely N-dealkylation sites (tertiary alicyclic amines) is 1. The van der Waals surface area contributed by atoms with Crippen LogP contribution in [0.2, 0.25) is 0 Å². The van der Waals surface area contributed by atoms with Crippen molar-refractivity contribution in [1.29, 1.82) is 0 Å². The van der Waals surface area contributed by atoms with Crippen LogP contribution in [0.25, 0.3) is 0 Å². The molecule has 0 spiro atoms. The van der Waals surface area contributed by atoms with Crippen LogP contribution in [0.1, 0.15) is 25.7 Å². The Morgan fingerprint density at radius 1 is 1.20 bits per heavy atom. The maximum Gasteiger partial charge on any atom is 0.314 e. The van der Waals surface area contributed by atoms with Crippen LogP contribution < -0.4 is 11.5 Å². The lowest BCUT2D eigenvalue weighted by atomic mass is 9.74. The molecule has 5 atom stereocenters. The Morgan fingerprint density at radius 3 is 2.30 bits per heavy atom. The fraction of sp³-hybridized carbons (Fsp3) is 0.923. The smallest absolute Gasteiger partial charge is 0.314 e. The van der Waals surface area contributed by atoms with E-state index in [1.807, 2.05) is 0 Å². The molecule has 7 heteroatoms. The van der Waals surface area contributed by atoms with E-state index in [1.165, 1.54) is 0 Å². The Kier molecular flexibility index (Phi) is 5.40. The van der Waals surface area contributed by atoms with Crippen molar-refractivity contribution in [1.82, 2.24) is 4.90 Å². The lowest BCUT2D eigenvalue weighted by Crippen LogP contribution is -2.52. The Balaban J connectivity index is 1.91. The molecule has 20 heavy (non-hydrogen) atoms. The van der Waals surface area contributed by atoms with Gasteiger partial charge in [-0.3, -0.25) is 0 Å². The number of primary amides is 1. The number of aliphatic hydroxyl groups excluding tert-OH is 1. The van der Waals surface area contributed by atoms with Gasteiger partial charge in [0, 0.05) is 25.0 Å². The fourth-order valence-electron chi connectivity index (χ4n) is 3.39. The number of piperidine rings is 1. The van der Waals surface area contributed by atoms with Gasteiger partial charge >= 0.3 is 6.03 Å². The minimum atomic E-state index is -0.489. The first kappa shape index (κ1) is 16.1. The molecule has 2 fully saturated rings. The van der Waals surface area contributed by atoms with E-state index in [-0.39, 0.29) is 28.7 Å². The highest BCUT2D eigenvalue weighted by atomic mass is 35.5. The average Bonchev–Trinajstić information content (AvgIpc) is 2.42. The van der Waals surface area contributed by atoms with E-state index >= 15 is 0 Å². The predicted molar refractivity (Wildman–Crippen MR) is 79.9 cm³/mol. The SMILES string of the molecule is NC(=O)N1CCC([C@H](N)C2CC(Cl)C(Cl)CC2O)CC1. The zero-order chi connectivity index (χ0) is 14.9. The third-order valence-corrected chi connectivity index (χ3v) is 5.83. The van der Waals surface area contributed by atoms with Crippen LogP contribution >= 0.6 is 23.2 Å². The number of urea groups is 1. The van der Waals surface area contributed by atoms with E-state index in [9.17, 15) is 9.90 Å². The van der Waals surface area contributed by atoms with Gasteiger partial charge in [0.2, 0.25) is 0 Å². The first-order chi connectivity index (χ1) is 9.40. The van der Waals surface area contributed by atoms with Gasteiger partial charge in [-0.2, -0.15) is 0 Å². The Hall–Kier alpha value is -0.230. The summed E-state index contributed by atoms with van der Waals surface area (Å²) in [6.07, 6.45) is 2.30. The quantitative estimate of drug-likeness (QED) is 0.664. The summed E-state index contributed by atoms with van der Waals surface area (Å²) in [5.41, 5.74) is 11.6. The molecule has 0 aromatic heterocycles. The van der Waals surface area contributed by atoms with Crippen molar-refractivity contribution in [2.75, 3.05) is 13.1 Å². The molecule has 1 saturated carbocycles. The number of aliphatic hydroxyl groups is 1. The maximum absolute atomic E-state index is 11.1. The van der Waals surface area contributed by atoms with Crippen LogP contribution in [0.3, 0.4) is 0 Å². The van der Waals surface area contributed by atoms with Crippen LogP contribution in [0.5, 0.6) is 0 Å². The summed E-state index contributed by atoms with van der Waals surface area (Å²) in [5.74, 6) is 0.277. The number of rotatable bonds is 2. The zero-order valence-corrected chi connectivity index (χ0v) is 12.9. The summed E-state index contributed by atoms with van der Waals surface area (Å²) in [6.45, 7) is 1.28. The molecule has 0 aromatic rings. The second-order valence-electron chi connectivity index (χ2n) is 5.97. The monoisotopic (exact) mass is 323 g/mol. The molecular formula is C13H23Cl2N3O2. The van der Waals surface area contributed by atoms with Crippen molar-refractivity contribution in [3.8, 4) is 0 Å². The molecule has 0 bridgehead atoms. The average molecular weight is 324 g/mol. The number of halogens is 2. The van der Waals surface area contributed by atoms with Gasteiger partial charge < -0.3 is 21.5 Å². The normalized spacial score (nSPS) is 37.7. The molecule has 0 aromatic carbocycles. The van der Waals surface area contributed by atoms with Gasteiger partial charge in [-0.15, -0.1) is 23.2 Å². The highest BCUT2D eigenvalue weighted by molar-refractivity contribution is 6.30. The van der Waals surface area contributed by atoms with Crippen LogP contribution in [-0.4, -0.2) is 52.0 Å². The number of carbonyl (C=O) groups excluding carboxylic acids is 1. The van der Waals surface area contributed by atoms with Gasteiger partial charge in [-0.05, 0) is 31.6 Å². The number of hydrogen-bond donors (Lipinski definition) is 3. The highest BCUT2D eigenvalue weighted by Gasteiger charge is 2.40. The number of alkyl halides is 2. The molecule has 1 aliphatic heterocycles. The van der Waals surface area contributed by atoms with Crippen molar-refractivity contribution in [3.05, 3.63) is 0 Å². The van der Waals surface area contributed by atoms with E-state index in [0.717, 1.165) is 12.8 Å². The van der Waals surface area contributed by atoms with Crippen molar-refractivity contribution in [3.63, 3.8) is 0 Å². The molecule has 116 valence electrons. The van der Waals surface area contributed by atoms with E-state index in [0.29, 0.717) is 31.8 Å². The zero-order valence-electron chi connectivity index (χ0n) is 11.4. The van der Waals surface area contributed by atoms with Crippen LogP contribution in [0, 0.1) is 11.8 Å². The minimum Gasteiger partial charge on any atom is -0.393 e. The minimum absolute atomic E-state index is 0.0161. The van der Waals surface area contributed by atoms with E-state index in [2.05, 4.69) is 0 Å². The van der Waals surface area contributed by atoms with Gasteiger partial charge in [0.1, 0.15) is 0 Å². The largest absolute Gasteiger partial charge is 0.393 e. The van der Waals surface area contributed by atoms with Gasteiger partial charge in [0.25, 0.3) is 0 Å². The van der Waals surface area contributed by atoms with Crippen LogP contribution in [0.4, 0.5) is 4.79 Å². The molecule has 4 unspecified atom stereocenters. The summed E-state index contributed by atoms with van der Waals surface area (Å²) >= 11 is 12.3. The molecule has 2 amide bonds. The third-order valence-electron chi connectivity index (χ3n) is 4.74. The van der Waals surface area contributed by atoms with Crippen molar-refractivity contribution < 1.29 is 9.90 Å². The summed E-state index contributed by atoms with van der Waals surface area (Å²) in [7, 11) is 0. The number of nitrogens with two attached hydrogens (primary N) is 2.